The lowest BCUT2D eigenvalue weighted by atomic mass is 10.2. The van der Waals surface area contributed by atoms with E-state index in [4.69, 9.17) is 9.94 Å². The third-order valence-electron chi connectivity index (χ3n) is 2.89. The molecule has 86 valence electrons. The molecule has 16 heavy (non-hydrogen) atoms. The summed E-state index contributed by atoms with van der Waals surface area (Å²) in [6.45, 7) is 2.22. The number of methoxy groups -OCH3 is 1. The van der Waals surface area contributed by atoms with E-state index >= 15 is 0 Å². The third kappa shape index (κ3) is 2.10. The van der Waals surface area contributed by atoms with E-state index in [1.807, 2.05) is 18.2 Å². The maximum Gasteiger partial charge on any atom is 0.129 e. The summed E-state index contributed by atoms with van der Waals surface area (Å²) in [7, 11) is 1.62. The largest absolute Gasteiger partial charge is 0.496 e. The van der Waals surface area contributed by atoms with Gasteiger partial charge in [-0.3, -0.25) is 0 Å². The summed E-state index contributed by atoms with van der Waals surface area (Å²) >= 11 is 0. The van der Waals surface area contributed by atoms with Crippen LogP contribution in [0.3, 0.4) is 0 Å². The smallest absolute Gasteiger partial charge is 0.129 e. The lowest BCUT2D eigenvalue weighted by Gasteiger charge is -2.18. The SMILES string of the molecule is COc1cc(N2CCCC2)ccc1/C=N\O. The molecular weight excluding hydrogens is 204 g/mol. The molecule has 0 radical (unpaired) electrons. The zero-order chi connectivity index (χ0) is 11.4. The number of hydrogen-bond donors (Lipinski definition) is 1. The van der Waals surface area contributed by atoms with Crippen molar-refractivity contribution in [2.45, 2.75) is 12.8 Å². The third-order valence-corrected chi connectivity index (χ3v) is 2.89. The van der Waals surface area contributed by atoms with Gasteiger partial charge in [-0.15, -0.1) is 0 Å². The van der Waals surface area contributed by atoms with Gasteiger partial charge < -0.3 is 14.8 Å². The molecule has 0 amide bonds. The summed E-state index contributed by atoms with van der Waals surface area (Å²) in [5.74, 6) is 0.738. The molecule has 0 aromatic heterocycles. The summed E-state index contributed by atoms with van der Waals surface area (Å²) < 4.78 is 5.27. The zero-order valence-electron chi connectivity index (χ0n) is 9.39. The Balaban J connectivity index is 2.28. The van der Waals surface area contributed by atoms with E-state index in [2.05, 4.69) is 10.1 Å². The molecule has 1 saturated heterocycles. The van der Waals surface area contributed by atoms with Crippen LogP contribution in [0.2, 0.25) is 0 Å². The highest BCUT2D eigenvalue weighted by atomic mass is 16.5. The van der Waals surface area contributed by atoms with Crippen molar-refractivity contribution in [1.82, 2.24) is 0 Å². The molecule has 4 nitrogen and oxygen atoms in total. The number of benzene rings is 1. The van der Waals surface area contributed by atoms with Crippen molar-refractivity contribution in [3.8, 4) is 5.75 Å². The molecule has 1 N–H and O–H groups in total. The summed E-state index contributed by atoms with van der Waals surface area (Å²) in [6.07, 6.45) is 3.89. The van der Waals surface area contributed by atoms with Crippen molar-refractivity contribution in [2.75, 3.05) is 25.1 Å². The summed E-state index contributed by atoms with van der Waals surface area (Å²) in [6, 6.07) is 5.93. The second-order valence-corrected chi connectivity index (χ2v) is 3.86. The number of anilines is 1. The van der Waals surface area contributed by atoms with E-state index in [1.165, 1.54) is 24.7 Å². The van der Waals surface area contributed by atoms with Crippen molar-refractivity contribution in [3.63, 3.8) is 0 Å². The second-order valence-electron chi connectivity index (χ2n) is 3.86. The van der Waals surface area contributed by atoms with E-state index in [1.54, 1.807) is 7.11 Å². The van der Waals surface area contributed by atoms with Crippen LogP contribution in [-0.4, -0.2) is 31.6 Å². The molecule has 4 heteroatoms. The van der Waals surface area contributed by atoms with Gasteiger partial charge in [-0.2, -0.15) is 0 Å². The first-order valence-corrected chi connectivity index (χ1v) is 5.45. The van der Waals surface area contributed by atoms with Crippen LogP contribution in [0, 0.1) is 0 Å². The molecule has 1 heterocycles. The number of hydrogen-bond acceptors (Lipinski definition) is 4. The molecule has 1 aliphatic heterocycles. The van der Waals surface area contributed by atoms with Gasteiger partial charge in [0.05, 0.1) is 13.3 Å². The summed E-state index contributed by atoms with van der Waals surface area (Å²) in [5.41, 5.74) is 1.96. The standard InChI is InChI=1S/C12H16N2O2/c1-16-12-8-11(14-6-2-3-7-14)5-4-10(12)9-13-15/h4-5,8-9,15H,2-3,6-7H2,1H3/b13-9-. The molecule has 1 aliphatic rings. The lowest BCUT2D eigenvalue weighted by Crippen LogP contribution is -2.17. The normalized spacial score (nSPS) is 15.9. The minimum atomic E-state index is 0.738. The molecular formula is C12H16N2O2. The maximum absolute atomic E-state index is 8.52. The molecule has 2 rings (SSSR count). The molecule has 0 unspecified atom stereocenters. The monoisotopic (exact) mass is 220 g/mol. The highest BCUT2D eigenvalue weighted by molar-refractivity contribution is 5.84. The van der Waals surface area contributed by atoms with Crippen LogP contribution in [0.4, 0.5) is 5.69 Å². The van der Waals surface area contributed by atoms with Crippen LogP contribution >= 0.6 is 0 Å². The predicted octanol–water partition coefficient (Wildman–Crippen LogP) is 2.10. The van der Waals surface area contributed by atoms with E-state index in [-0.39, 0.29) is 0 Å². The van der Waals surface area contributed by atoms with Gasteiger partial charge in [-0.1, -0.05) is 5.16 Å². The van der Waals surface area contributed by atoms with Gasteiger partial charge in [0.1, 0.15) is 5.75 Å². The maximum atomic E-state index is 8.52. The highest BCUT2D eigenvalue weighted by Gasteiger charge is 2.13. The first-order valence-electron chi connectivity index (χ1n) is 5.45. The van der Waals surface area contributed by atoms with Crippen molar-refractivity contribution in [2.24, 2.45) is 5.16 Å². The van der Waals surface area contributed by atoms with Crippen LogP contribution in [0.1, 0.15) is 18.4 Å². The number of rotatable bonds is 3. The molecule has 0 aliphatic carbocycles. The van der Waals surface area contributed by atoms with Crippen molar-refractivity contribution in [1.29, 1.82) is 0 Å². The fourth-order valence-electron chi connectivity index (χ4n) is 2.04. The lowest BCUT2D eigenvalue weighted by molar-refractivity contribution is 0.321. The van der Waals surface area contributed by atoms with Crippen LogP contribution in [0.25, 0.3) is 0 Å². The van der Waals surface area contributed by atoms with Gasteiger partial charge in [-0.25, -0.2) is 0 Å². The molecule has 1 aromatic rings. The topological polar surface area (TPSA) is 45.1 Å². The van der Waals surface area contributed by atoms with Crippen LogP contribution < -0.4 is 9.64 Å². The summed E-state index contributed by atoms with van der Waals surface area (Å²) in [4.78, 5) is 2.34. The Morgan fingerprint density at radius 2 is 2.12 bits per heavy atom. The Bertz CT molecular complexity index is 385. The van der Waals surface area contributed by atoms with E-state index in [9.17, 15) is 0 Å². The first kappa shape index (κ1) is 10.8. The molecule has 0 saturated carbocycles. The Hall–Kier alpha value is -1.71. The minimum Gasteiger partial charge on any atom is -0.496 e. The Morgan fingerprint density at radius 1 is 1.38 bits per heavy atom. The van der Waals surface area contributed by atoms with E-state index < -0.39 is 0 Å². The number of oxime groups is 1. The fourth-order valence-corrected chi connectivity index (χ4v) is 2.04. The van der Waals surface area contributed by atoms with E-state index in [0.29, 0.717) is 0 Å². The molecule has 0 atom stereocenters. The van der Waals surface area contributed by atoms with Crippen molar-refractivity contribution >= 4 is 11.9 Å². The Kier molecular flexibility index (Phi) is 3.29. The van der Waals surface area contributed by atoms with Crippen molar-refractivity contribution < 1.29 is 9.94 Å². The molecule has 1 fully saturated rings. The average molecular weight is 220 g/mol. The minimum absolute atomic E-state index is 0.738. The Morgan fingerprint density at radius 3 is 2.75 bits per heavy atom. The highest BCUT2D eigenvalue weighted by Crippen LogP contribution is 2.27. The van der Waals surface area contributed by atoms with Gasteiger partial charge >= 0.3 is 0 Å². The molecule has 0 spiro atoms. The zero-order valence-corrected chi connectivity index (χ0v) is 9.39. The van der Waals surface area contributed by atoms with Crippen LogP contribution in [-0.2, 0) is 0 Å². The van der Waals surface area contributed by atoms with Gasteiger partial charge in [-0.05, 0) is 25.0 Å². The average Bonchev–Trinajstić information content (AvgIpc) is 2.83. The molecule has 1 aromatic carbocycles. The fraction of sp³-hybridized carbons (Fsp3) is 0.417. The number of nitrogens with zero attached hydrogens (tertiary/aromatic N) is 2. The van der Waals surface area contributed by atoms with Gasteiger partial charge in [0.2, 0.25) is 0 Å². The summed E-state index contributed by atoms with van der Waals surface area (Å²) in [5, 5.41) is 11.5. The first-order chi connectivity index (χ1) is 7.85. The molecule has 0 bridgehead atoms. The van der Waals surface area contributed by atoms with E-state index in [0.717, 1.165) is 24.4 Å². The predicted molar refractivity (Wildman–Crippen MR) is 63.8 cm³/mol. The van der Waals surface area contributed by atoms with Crippen LogP contribution in [0.15, 0.2) is 23.4 Å². The van der Waals surface area contributed by atoms with Gasteiger partial charge in [0.15, 0.2) is 0 Å². The quantitative estimate of drug-likeness (QED) is 0.482. The van der Waals surface area contributed by atoms with Gasteiger partial charge in [0, 0.05) is 30.4 Å². The van der Waals surface area contributed by atoms with Gasteiger partial charge in [0.25, 0.3) is 0 Å². The van der Waals surface area contributed by atoms with Crippen LogP contribution in [0.5, 0.6) is 5.75 Å². The Labute approximate surface area is 95.1 Å². The second kappa shape index (κ2) is 4.88. The van der Waals surface area contributed by atoms with Crippen molar-refractivity contribution in [3.05, 3.63) is 23.8 Å². The number of ether oxygens (including phenoxy) is 1.